The van der Waals surface area contributed by atoms with Gasteiger partial charge in [0, 0.05) is 11.1 Å². The number of nitrogens with zero attached hydrogens (tertiary/aromatic N) is 2. The monoisotopic (exact) mass is 286 g/mol. The van der Waals surface area contributed by atoms with Gasteiger partial charge in [0.05, 0.1) is 18.4 Å². The Hall–Kier alpha value is -1.25. The largest absolute Gasteiger partial charge is 0.281 e. The van der Waals surface area contributed by atoms with Gasteiger partial charge in [0.25, 0.3) is 0 Å². The minimum atomic E-state index is -3.52. The van der Waals surface area contributed by atoms with E-state index in [2.05, 4.69) is 19.9 Å². The third-order valence-electron chi connectivity index (χ3n) is 2.44. The van der Waals surface area contributed by atoms with Crippen LogP contribution in [0.3, 0.4) is 0 Å². The maximum Gasteiger partial charge on any atom is 0.244 e. The first-order valence-electron chi connectivity index (χ1n) is 5.46. The number of aromatic amines is 1. The van der Waals surface area contributed by atoms with Crippen molar-refractivity contribution in [3.63, 3.8) is 0 Å². The van der Waals surface area contributed by atoms with Crippen LogP contribution in [0.4, 0.5) is 0 Å². The topological polar surface area (TPSA) is 87.7 Å². The Labute approximate surface area is 110 Å². The SMILES string of the molecule is CCc1cnc(CNS(=O)(=O)c2cn[nH]c2C)s1. The number of aromatic nitrogens is 3. The van der Waals surface area contributed by atoms with E-state index in [1.807, 2.05) is 6.92 Å². The van der Waals surface area contributed by atoms with Crippen LogP contribution in [0, 0.1) is 6.92 Å². The fraction of sp³-hybridized carbons (Fsp3) is 0.400. The summed E-state index contributed by atoms with van der Waals surface area (Å²) in [6.07, 6.45) is 3.99. The molecule has 0 saturated carbocycles. The number of H-pyrrole nitrogens is 1. The summed E-state index contributed by atoms with van der Waals surface area (Å²) in [6.45, 7) is 3.91. The van der Waals surface area contributed by atoms with E-state index in [9.17, 15) is 8.42 Å². The summed E-state index contributed by atoms with van der Waals surface area (Å²) in [6, 6.07) is 0. The highest BCUT2D eigenvalue weighted by Gasteiger charge is 2.18. The van der Waals surface area contributed by atoms with Crippen molar-refractivity contribution in [2.75, 3.05) is 0 Å². The summed E-state index contributed by atoms with van der Waals surface area (Å²) in [5.74, 6) is 0. The molecule has 6 nitrogen and oxygen atoms in total. The predicted molar refractivity (Wildman–Crippen MR) is 68.8 cm³/mol. The van der Waals surface area contributed by atoms with Gasteiger partial charge in [0.2, 0.25) is 10.0 Å². The van der Waals surface area contributed by atoms with E-state index in [0.29, 0.717) is 5.69 Å². The molecule has 0 unspecified atom stereocenters. The molecule has 2 aromatic rings. The Balaban J connectivity index is 2.08. The van der Waals surface area contributed by atoms with Crippen LogP contribution in [0.2, 0.25) is 0 Å². The molecule has 0 spiro atoms. The molecular weight excluding hydrogens is 272 g/mol. The molecular formula is C10H14N4O2S2. The van der Waals surface area contributed by atoms with Gasteiger partial charge >= 0.3 is 0 Å². The summed E-state index contributed by atoms with van der Waals surface area (Å²) in [5, 5.41) is 7.07. The summed E-state index contributed by atoms with van der Waals surface area (Å²) < 4.78 is 26.5. The third-order valence-corrected chi connectivity index (χ3v) is 5.09. The Morgan fingerprint density at radius 2 is 2.22 bits per heavy atom. The van der Waals surface area contributed by atoms with Gasteiger partial charge < -0.3 is 0 Å². The first-order valence-corrected chi connectivity index (χ1v) is 7.76. The summed E-state index contributed by atoms with van der Waals surface area (Å²) in [5.41, 5.74) is 0.524. The molecule has 0 aliphatic heterocycles. The summed E-state index contributed by atoms with van der Waals surface area (Å²) in [4.78, 5) is 5.48. The lowest BCUT2D eigenvalue weighted by Gasteiger charge is -2.03. The minimum Gasteiger partial charge on any atom is -0.281 e. The van der Waals surface area contributed by atoms with Crippen LogP contribution in [0.5, 0.6) is 0 Å². The predicted octanol–water partition coefficient (Wildman–Crippen LogP) is 1.22. The second-order valence-electron chi connectivity index (χ2n) is 3.76. The number of nitrogens with one attached hydrogen (secondary N) is 2. The fourth-order valence-corrected chi connectivity index (χ4v) is 3.45. The van der Waals surface area contributed by atoms with Crippen LogP contribution in [-0.2, 0) is 23.0 Å². The Bertz CT molecular complexity index is 630. The van der Waals surface area contributed by atoms with E-state index in [1.165, 1.54) is 17.5 Å². The normalized spacial score (nSPS) is 11.9. The number of hydrogen-bond acceptors (Lipinski definition) is 5. The summed E-state index contributed by atoms with van der Waals surface area (Å²) >= 11 is 1.51. The second kappa shape index (κ2) is 5.17. The number of thiazole rings is 1. The van der Waals surface area contributed by atoms with Gasteiger partial charge in [-0.1, -0.05) is 6.92 Å². The van der Waals surface area contributed by atoms with Gasteiger partial charge in [-0.2, -0.15) is 5.10 Å². The molecule has 2 N–H and O–H groups in total. The van der Waals surface area contributed by atoms with E-state index in [-0.39, 0.29) is 11.4 Å². The smallest absolute Gasteiger partial charge is 0.244 e. The zero-order valence-corrected chi connectivity index (χ0v) is 11.7. The second-order valence-corrected chi connectivity index (χ2v) is 6.69. The van der Waals surface area contributed by atoms with Crippen molar-refractivity contribution in [3.8, 4) is 0 Å². The van der Waals surface area contributed by atoms with Crippen molar-refractivity contribution in [2.24, 2.45) is 0 Å². The van der Waals surface area contributed by atoms with Crippen molar-refractivity contribution in [1.29, 1.82) is 0 Å². The van der Waals surface area contributed by atoms with Gasteiger partial charge in [-0.15, -0.1) is 11.3 Å². The molecule has 0 amide bonds. The lowest BCUT2D eigenvalue weighted by molar-refractivity contribution is 0.580. The molecule has 0 aliphatic rings. The van der Waals surface area contributed by atoms with Crippen LogP contribution in [0.15, 0.2) is 17.3 Å². The number of rotatable bonds is 5. The first kappa shape index (κ1) is 13.2. The maximum atomic E-state index is 12.0. The molecule has 2 rings (SSSR count). The van der Waals surface area contributed by atoms with E-state index in [0.717, 1.165) is 16.3 Å². The maximum absolute atomic E-state index is 12.0. The van der Waals surface area contributed by atoms with Crippen LogP contribution in [0.1, 0.15) is 22.5 Å². The van der Waals surface area contributed by atoms with Gasteiger partial charge in [0.15, 0.2) is 0 Å². The standard InChI is InChI=1S/C10H14N4O2S2/c1-3-8-4-11-10(17-8)6-13-18(15,16)9-5-12-14-7(9)2/h4-5,13H,3,6H2,1-2H3,(H,12,14). The fourth-order valence-electron chi connectivity index (χ4n) is 1.44. The van der Waals surface area contributed by atoms with Crippen molar-refractivity contribution in [1.82, 2.24) is 19.9 Å². The molecule has 0 saturated heterocycles. The van der Waals surface area contributed by atoms with Crippen LogP contribution < -0.4 is 4.72 Å². The van der Waals surface area contributed by atoms with E-state index < -0.39 is 10.0 Å². The molecule has 0 radical (unpaired) electrons. The quantitative estimate of drug-likeness (QED) is 0.865. The highest BCUT2D eigenvalue weighted by molar-refractivity contribution is 7.89. The Morgan fingerprint density at radius 1 is 1.44 bits per heavy atom. The van der Waals surface area contributed by atoms with Crippen LogP contribution in [-0.4, -0.2) is 23.6 Å². The highest BCUT2D eigenvalue weighted by Crippen LogP contribution is 2.15. The number of aryl methyl sites for hydroxylation is 2. The number of hydrogen-bond donors (Lipinski definition) is 2. The molecule has 2 heterocycles. The lowest BCUT2D eigenvalue weighted by Crippen LogP contribution is -2.23. The highest BCUT2D eigenvalue weighted by atomic mass is 32.2. The molecule has 2 aromatic heterocycles. The zero-order valence-electron chi connectivity index (χ0n) is 10.1. The molecule has 0 fully saturated rings. The molecule has 0 atom stereocenters. The molecule has 8 heteroatoms. The molecule has 98 valence electrons. The average molecular weight is 286 g/mol. The third kappa shape index (κ3) is 2.77. The van der Waals surface area contributed by atoms with Gasteiger partial charge in [-0.05, 0) is 13.3 Å². The molecule has 0 bridgehead atoms. The van der Waals surface area contributed by atoms with Crippen molar-refractivity contribution in [3.05, 3.63) is 28.0 Å². The molecule has 0 aromatic carbocycles. The molecule has 18 heavy (non-hydrogen) atoms. The van der Waals surface area contributed by atoms with Gasteiger partial charge in [-0.3, -0.25) is 5.10 Å². The van der Waals surface area contributed by atoms with Gasteiger partial charge in [0.1, 0.15) is 9.90 Å². The Kier molecular flexibility index (Phi) is 3.79. The van der Waals surface area contributed by atoms with Crippen LogP contribution >= 0.6 is 11.3 Å². The first-order chi connectivity index (χ1) is 8.53. The summed E-state index contributed by atoms with van der Waals surface area (Å²) in [7, 11) is -3.52. The number of sulfonamides is 1. The van der Waals surface area contributed by atoms with Gasteiger partial charge in [-0.25, -0.2) is 18.1 Å². The van der Waals surface area contributed by atoms with E-state index in [4.69, 9.17) is 0 Å². The minimum absolute atomic E-state index is 0.176. The van der Waals surface area contributed by atoms with Crippen molar-refractivity contribution in [2.45, 2.75) is 31.7 Å². The van der Waals surface area contributed by atoms with Crippen LogP contribution in [0.25, 0.3) is 0 Å². The zero-order chi connectivity index (χ0) is 13.2. The van der Waals surface area contributed by atoms with Crippen molar-refractivity contribution >= 4 is 21.4 Å². The Morgan fingerprint density at radius 3 is 2.78 bits per heavy atom. The van der Waals surface area contributed by atoms with Crippen molar-refractivity contribution < 1.29 is 8.42 Å². The molecule has 0 aliphatic carbocycles. The van der Waals surface area contributed by atoms with E-state index >= 15 is 0 Å². The lowest BCUT2D eigenvalue weighted by atomic mass is 10.4. The van der Waals surface area contributed by atoms with E-state index in [1.54, 1.807) is 13.1 Å². The average Bonchev–Trinajstić information content (AvgIpc) is 2.95.